The van der Waals surface area contributed by atoms with Crippen LogP contribution in [0.15, 0.2) is 162 Å². The van der Waals surface area contributed by atoms with Gasteiger partial charge in [-0.3, -0.25) is 0 Å². The fourth-order valence-electron chi connectivity index (χ4n) is 6.27. The highest BCUT2D eigenvalue weighted by atomic mass is 16.3. The van der Waals surface area contributed by atoms with Crippen LogP contribution in [0.5, 0.6) is 0 Å². The molecule has 9 aromatic rings. The van der Waals surface area contributed by atoms with Gasteiger partial charge in [0.25, 0.3) is 0 Å². The van der Waals surface area contributed by atoms with Crippen LogP contribution in [-0.4, -0.2) is 19.9 Å². The van der Waals surface area contributed by atoms with Crippen molar-refractivity contribution in [1.82, 2.24) is 19.9 Å². The molecule has 3 heterocycles. The van der Waals surface area contributed by atoms with Crippen molar-refractivity contribution in [2.75, 3.05) is 0 Å². The molecule has 0 N–H and O–H groups in total. The molecule has 0 saturated carbocycles. The lowest BCUT2D eigenvalue weighted by molar-refractivity contribution is 0.669. The second kappa shape index (κ2) is 11.2. The fraction of sp³-hybridized carbons (Fsp3) is 0. The molecule has 0 atom stereocenters. The fourth-order valence-corrected chi connectivity index (χ4v) is 6.27. The standard InChI is InChI=1S/C42H26N4O/c1-4-13-28(14-5-1)37-39-36(33-19-10-11-22-35(33)47-39)34-21-12-20-32(38(34)43-37)27-23-25-31(26-24-27)42-45-40(29-15-6-2-7-16-29)44-41(46-42)30-17-8-3-9-18-30/h1-26H. The summed E-state index contributed by atoms with van der Waals surface area (Å²) in [5, 5.41) is 3.22. The molecule has 0 aliphatic carbocycles. The van der Waals surface area contributed by atoms with E-state index in [1.54, 1.807) is 0 Å². The Kier molecular flexibility index (Phi) is 6.39. The molecule has 5 heteroatoms. The Bertz CT molecular complexity index is 2490. The number of rotatable bonds is 5. The Morgan fingerprint density at radius 1 is 0.362 bits per heavy atom. The Morgan fingerprint density at radius 2 is 0.851 bits per heavy atom. The third kappa shape index (κ3) is 4.73. The van der Waals surface area contributed by atoms with Crippen molar-refractivity contribution < 1.29 is 4.42 Å². The minimum absolute atomic E-state index is 0.623. The lowest BCUT2D eigenvalue weighted by Gasteiger charge is -2.11. The maximum Gasteiger partial charge on any atom is 0.164 e. The maximum absolute atomic E-state index is 6.46. The van der Waals surface area contributed by atoms with E-state index in [1.807, 2.05) is 91.0 Å². The van der Waals surface area contributed by atoms with Gasteiger partial charge >= 0.3 is 0 Å². The summed E-state index contributed by atoms with van der Waals surface area (Å²) in [5.74, 6) is 1.90. The number of hydrogen-bond acceptors (Lipinski definition) is 5. The van der Waals surface area contributed by atoms with Gasteiger partial charge in [-0.2, -0.15) is 0 Å². The number of benzene rings is 6. The van der Waals surface area contributed by atoms with Gasteiger partial charge in [-0.05, 0) is 11.6 Å². The van der Waals surface area contributed by atoms with E-state index in [4.69, 9.17) is 24.4 Å². The molecule has 47 heavy (non-hydrogen) atoms. The van der Waals surface area contributed by atoms with Gasteiger partial charge in [0.05, 0.1) is 5.52 Å². The number of furan rings is 1. The molecule has 0 amide bonds. The molecule has 0 aliphatic rings. The summed E-state index contributed by atoms with van der Waals surface area (Å²) in [7, 11) is 0. The minimum atomic E-state index is 0.623. The lowest BCUT2D eigenvalue weighted by atomic mass is 9.97. The summed E-state index contributed by atoms with van der Waals surface area (Å²) < 4.78 is 6.46. The normalized spacial score (nSPS) is 11.4. The highest BCUT2D eigenvalue weighted by molar-refractivity contribution is 6.22. The third-order valence-electron chi connectivity index (χ3n) is 8.54. The van der Waals surface area contributed by atoms with Crippen molar-refractivity contribution >= 4 is 32.8 Å². The monoisotopic (exact) mass is 602 g/mol. The van der Waals surface area contributed by atoms with Gasteiger partial charge in [-0.25, -0.2) is 19.9 Å². The van der Waals surface area contributed by atoms with E-state index in [1.165, 1.54) is 0 Å². The first-order valence-electron chi connectivity index (χ1n) is 15.6. The molecular formula is C42H26N4O. The van der Waals surface area contributed by atoms with E-state index in [9.17, 15) is 0 Å². The number of nitrogens with zero attached hydrogens (tertiary/aromatic N) is 4. The number of para-hydroxylation sites is 2. The Morgan fingerprint density at radius 3 is 1.47 bits per heavy atom. The molecule has 0 saturated heterocycles. The molecule has 0 bridgehead atoms. The van der Waals surface area contributed by atoms with Crippen LogP contribution in [0.3, 0.4) is 0 Å². The van der Waals surface area contributed by atoms with Gasteiger partial charge in [-0.1, -0.05) is 152 Å². The van der Waals surface area contributed by atoms with Crippen LogP contribution in [0.25, 0.3) is 89.4 Å². The lowest BCUT2D eigenvalue weighted by Crippen LogP contribution is -2.00. The van der Waals surface area contributed by atoms with E-state index in [-0.39, 0.29) is 0 Å². The smallest absolute Gasteiger partial charge is 0.164 e. The first kappa shape index (κ1) is 26.9. The predicted molar refractivity (Wildman–Crippen MR) is 190 cm³/mol. The number of hydrogen-bond donors (Lipinski definition) is 0. The summed E-state index contributed by atoms with van der Waals surface area (Å²) in [4.78, 5) is 19.9. The molecule has 0 spiro atoms. The molecule has 0 radical (unpaired) electrons. The molecule has 220 valence electrons. The molecule has 3 aromatic heterocycles. The van der Waals surface area contributed by atoms with Crippen LogP contribution in [-0.2, 0) is 0 Å². The van der Waals surface area contributed by atoms with Crippen molar-refractivity contribution in [3.05, 3.63) is 158 Å². The van der Waals surface area contributed by atoms with Crippen LogP contribution in [0, 0.1) is 0 Å². The summed E-state index contributed by atoms with van der Waals surface area (Å²) in [6, 6.07) is 53.3. The molecular weight excluding hydrogens is 576 g/mol. The summed E-state index contributed by atoms with van der Waals surface area (Å²) in [5.41, 5.74) is 9.33. The minimum Gasteiger partial charge on any atom is -0.454 e. The SMILES string of the molecule is c1ccc(-c2nc(-c3ccccc3)nc(-c3ccc(-c4cccc5c4nc(-c4ccccc4)c4oc6ccccc6c45)cc3)n2)cc1. The zero-order valence-corrected chi connectivity index (χ0v) is 25.2. The van der Waals surface area contributed by atoms with E-state index in [2.05, 4.69) is 66.7 Å². The van der Waals surface area contributed by atoms with Crippen molar-refractivity contribution in [3.8, 4) is 56.5 Å². The van der Waals surface area contributed by atoms with E-state index < -0.39 is 0 Å². The molecule has 0 unspecified atom stereocenters. The van der Waals surface area contributed by atoms with Crippen molar-refractivity contribution in [2.24, 2.45) is 0 Å². The largest absolute Gasteiger partial charge is 0.454 e. The van der Waals surface area contributed by atoms with Crippen molar-refractivity contribution in [3.63, 3.8) is 0 Å². The van der Waals surface area contributed by atoms with Gasteiger partial charge in [0.15, 0.2) is 23.1 Å². The first-order valence-corrected chi connectivity index (χ1v) is 15.6. The maximum atomic E-state index is 6.46. The van der Waals surface area contributed by atoms with Crippen molar-refractivity contribution in [1.29, 1.82) is 0 Å². The first-order chi connectivity index (χ1) is 23.3. The Balaban J connectivity index is 1.21. The van der Waals surface area contributed by atoms with E-state index in [0.717, 1.165) is 71.9 Å². The molecule has 5 nitrogen and oxygen atoms in total. The third-order valence-corrected chi connectivity index (χ3v) is 8.54. The number of fused-ring (bicyclic) bond motifs is 5. The zero-order chi connectivity index (χ0) is 31.2. The van der Waals surface area contributed by atoms with Gasteiger partial charge in [0.1, 0.15) is 11.3 Å². The van der Waals surface area contributed by atoms with Gasteiger partial charge in [0.2, 0.25) is 0 Å². The Hall–Kier alpha value is -6.46. The average molecular weight is 603 g/mol. The number of pyridine rings is 1. The van der Waals surface area contributed by atoms with E-state index >= 15 is 0 Å². The quantitative estimate of drug-likeness (QED) is 0.196. The molecule has 0 fully saturated rings. The molecule has 6 aromatic carbocycles. The highest BCUT2D eigenvalue weighted by Crippen LogP contribution is 2.41. The Labute approximate surface area is 270 Å². The predicted octanol–water partition coefficient (Wildman–Crippen LogP) is 10.7. The summed E-state index contributed by atoms with van der Waals surface area (Å²) in [6.45, 7) is 0. The van der Waals surface area contributed by atoms with Gasteiger partial charge < -0.3 is 4.42 Å². The zero-order valence-electron chi connectivity index (χ0n) is 25.2. The van der Waals surface area contributed by atoms with E-state index in [0.29, 0.717) is 17.5 Å². The summed E-state index contributed by atoms with van der Waals surface area (Å²) >= 11 is 0. The van der Waals surface area contributed by atoms with Crippen LogP contribution in [0.2, 0.25) is 0 Å². The van der Waals surface area contributed by atoms with Gasteiger partial charge in [-0.15, -0.1) is 0 Å². The summed E-state index contributed by atoms with van der Waals surface area (Å²) in [6.07, 6.45) is 0. The van der Waals surface area contributed by atoms with Crippen LogP contribution in [0.4, 0.5) is 0 Å². The topological polar surface area (TPSA) is 64.7 Å². The second-order valence-electron chi connectivity index (χ2n) is 11.4. The van der Waals surface area contributed by atoms with Crippen molar-refractivity contribution in [2.45, 2.75) is 0 Å². The second-order valence-corrected chi connectivity index (χ2v) is 11.4. The van der Waals surface area contributed by atoms with Crippen LogP contribution in [0.1, 0.15) is 0 Å². The van der Waals surface area contributed by atoms with Crippen LogP contribution >= 0.6 is 0 Å². The average Bonchev–Trinajstić information content (AvgIpc) is 3.55. The molecule has 0 aliphatic heterocycles. The molecule has 9 rings (SSSR count). The van der Waals surface area contributed by atoms with Crippen LogP contribution < -0.4 is 0 Å². The van der Waals surface area contributed by atoms with Gasteiger partial charge in [0, 0.05) is 44.0 Å². The highest BCUT2D eigenvalue weighted by Gasteiger charge is 2.20. The number of aromatic nitrogens is 4.